The number of halogens is 1. The Morgan fingerprint density at radius 2 is 2.06 bits per heavy atom. The van der Waals surface area contributed by atoms with Gasteiger partial charge in [-0.3, -0.25) is 0 Å². The molecule has 1 heterocycles. The molecule has 1 aliphatic rings. The van der Waals surface area contributed by atoms with E-state index < -0.39 is 8.02 Å². The molecular weight excluding hydrogens is 259 g/mol. The van der Waals surface area contributed by atoms with Crippen molar-refractivity contribution in [3.63, 3.8) is 0 Å². The Balaban J connectivity index is 2.24. The van der Waals surface area contributed by atoms with Crippen LogP contribution in [0.15, 0.2) is 30.3 Å². The lowest BCUT2D eigenvalue weighted by Crippen LogP contribution is -2.35. The average Bonchev–Trinajstić information content (AvgIpc) is 2.69. The smallest absolute Gasteiger partial charge is 0.275 e. The Labute approximate surface area is 107 Å². The van der Waals surface area contributed by atoms with Crippen LogP contribution in [0.2, 0.25) is 0 Å². The first-order valence-electron chi connectivity index (χ1n) is 5.52. The first-order chi connectivity index (χ1) is 8.22. The van der Waals surface area contributed by atoms with Crippen LogP contribution >= 0.6 is 19.6 Å². The van der Waals surface area contributed by atoms with E-state index in [1.165, 1.54) is 7.11 Å². The fourth-order valence-corrected chi connectivity index (χ4v) is 4.56. The number of anilines is 1. The number of hydrogen-bond donors (Lipinski definition) is 0. The van der Waals surface area contributed by atoms with Gasteiger partial charge in [0, 0.05) is 5.88 Å². The van der Waals surface area contributed by atoms with E-state index in [0.717, 1.165) is 5.69 Å². The zero-order valence-corrected chi connectivity index (χ0v) is 11.4. The minimum absolute atomic E-state index is 0.454. The van der Waals surface area contributed by atoms with Gasteiger partial charge in [0.05, 0.1) is 32.4 Å². The summed E-state index contributed by atoms with van der Waals surface area (Å²) in [6.07, 6.45) is 0. The van der Waals surface area contributed by atoms with Crippen molar-refractivity contribution in [2.75, 3.05) is 37.3 Å². The SMILES string of the molecule is CO[P+]1([O-])N(CCCl)CCN1c1ccccc1. The van der Waals surface area contributed by atoms with Gasteiger partial charge in [-0.05, 0) is 12.1 Å². The van der Waals surface area contributed by atoms with Crippen LogP contribution in [0.1, 0.15) is 0 Å². The van der Waals surface area contributed by atoms with Crippen LogP contribution in [0, 0.1) is 0 Å². The normalized spacial score (nSPS) is 25.5. The highest BCUT2D eigenvalue weighted by molar-refractivity contribution is 7.63. The van der Waals surface area contributed by atoms with Gasteiger partial charge >= 0.3 is 0 Å². The summed E-state index contributed by atoms with van der Waals surface area (Å²) in [5.41, 5.74) is 0.926. The largest absolute Gasteiger partial charge is 0.622 e. The van der Waals surface area contributed by atoms with Crippen molar-refractivity contribution in [1.82, 2.24) is 4.67 Å². The molecule has 1 aromatic carbocycles. The third-order valence-electron chi connectivity index (χ3n) is 2.87. The highest BCUT2D eigenvalue weighted by Gasteiger charge is 2.48. The van der Waals surface area contributed by atoms with Gasteiger partial charge in [0.2, 0.25) is 0 Å². The quantitative estimate of drug-likeness (QED) is 0.619. The molecule has 0 amide bonds. The van der Waals surface area contributed by atoms with E-state index in [-0.39, 0.29) is 0 Å². The van der Waals surface area contributed by atoms with Crippen molar-refractivity contribution < 1.29 is 9.42 Å². The van der Waals surface area contributed by atoms with Crippen molar-refractivity contribution in [2.45, 2.75) is 0 Å². The Kier molecular flexibility index (Phi) is 4.23. The minimum Gasteiger partial charge on any atom is -0.622 e. The lowest BCUT2D eigenvalue weighted by molar-refractivity contribution is -0.202. The van der Waals surface area contributed by atoms with Gasteiger partial charge in [0.1, 0.15) is 0 Å². The molecule has 94 valence electrons. The second-order valence-electron chi connectivity index (χ2n) is 3.77. The van der Waals surface area contributed by atoms with Crippen molar-refractivity contribution in [3.8, 4) is 0 Å². The first-order valence-corrected chi connectivity index (χ1v) is 7.59. The average molecular weight is 275 g/mol. The molecule has 2 rings (SSSR count). The third kappa shape index (κ3) is 2.42. The van der Waals surface area contributed by atoms with E-state index in [1.807, 2.05) is 39.7 Å². The summed E-state index contributed by atoms with van der Waals surface area (Å²) in [6, 6.07) is 9.68. The van der Waals surface area contributed by atoms with Crippen molar-refractivity contribution in [2.24, 2.45) is 0 Å². The predicted octanol–water partition coefficient (Wildman–Crippen LogP) is 1.73. The number of nitrogens with zero attached hydrogens (tertiary/aromatic N) is 2. The van der Waals surface area contributed by atoms with Crippen LogP contribution in [0.5, 0.6) is 0 Å². The maximum absolute atomic E-state index is 12.8. The van der Waals surface area contributed by atoms with Crippen LogP contribution in [0.3, 0.4) is 0 Å². The number of para-hydroxylation sites is 1. The summed E-state index contributed by atoms with van der Waals surface area (Å²) in [6.45, 7) is 1.99. The molecule has 6 heteroatoms. The molecule has 0 N–H and O–H groups in total. The fraction of sp³-hybridized carbons (Fsp3) is 0.455. The molecule has 1 atom stereocenters. The van der Waals surface area contributed by atoms with E-state index in [1.54, 1.807) is 0 Å². The fourth-order valence-electron chi connectivity index (χ4n) is 2.04. The van der Waals surface area contributed by atoms with Gasteiger partial charge in [0.25, 0.3) is 8.02 Å². The highest BCUT2D eigenvalue weighted by atomic mass is 35.5. The van der Waals surface area contributed by atoms with E-state index in [4.69, 9.17) is 16.1 Å². The summed E-state index contributed by atoms with van der Waals surface area (Å²) in [5.74, 6) is 0.454. The summed E-state index contributed by atoms with van der Waals surface area (Å²) in [5, 5.41) is 0. The van der Waals surface area contributed by atoms with Crippen LogP contribution < -0.4 is 9.56 Å². The standard InChI is InChI=1S/C11H16ClN2O2P/c1-16-17(15)13(8-7-12)9-10-14(17)11-5-3-2-4-6-11/h2-6H,7-10H2,1H3. The van der Waals surface area contributed by atoms with Crippen molar-refractivity contribution in [1.29, 1.82) is 0 Å². The summed E-state index contributed by atoms with van der Waals surface area (Å²) in [7, 11) is -1.44. The molecule has 4 nitrogen and oxygen atoms in total. The Morgan fingerprint density at radius 3 is 2.65 bits per heavy atom. The molecule has 0 aromatic heterocycles. The van der Waals surface area contributed by atoms with Crippen LogP contribution in [-0.2, 0) is 4.52 Å². The van der Waals surface area contributed by atoms with E-state index in [0.29, 0.717) is 25.5 Å². The molecule has 0 saturated carbocycles. The molecule has 17 heavy (non-hydrogen) atoms. The molecule has 0 aliphatic carbocycles. The van der Waals surface area contributed by atoms with E-state index in [9.17, 15) is 4.89 Å². The van der Waals surface area contributed by atoms with Gasteiger partial charge in [-0.1, -0.05) is 18.2 Å². The molecule has 1 fully saturated rings. The number of hydrogen-bond acceptors (Lipinski definition) is 4. The molecule has 1 saturated heterocycles. The predicted molar refractivity (Wildman–Crippen MR) is 70.0 cm³/mol. The molecule has 0 bridgehead atoms. The Bertz CT molecular complexity index is 368. The van der Waals surface area contributed by atoms with E-state index >= 15 is 0 Å². The topological polar surface area (TPSA) is 38.8 Å². The summed E-state index contributed by atoms with van der Waals surface area (Å²) in [4.78, 5) is 12.8. The number of alkyl halides is 1. The zero-order valence-electron chi connectivity index (χ0n) is 9.75. The maximum Gasteiger partial charge on any atom is 0.275 e. The maximum atomic E-state index is 12.8. The molecule has 0 spiro atoms. The molecule has 1 aromatic rings. The van der Waals surface area contributed by atoms with Crippen LogP contribution in [0.4, 0.5) is 5.69 Å². The Morgan fingerprint density at radius 1 is 1.35 bits per heavy atom. The van der Waals surface area contributed by atoms with Gasteiger partial charge in [0.15, 0.2) is 0 Å². The second-order valence-corrected chi connectivity index (χ2v) is 6.55. The lowest BCUT2D eigenvalue weighted by Gasteiger charge is -2.36. The van der Waals surface area contributed by atoms with Gasteiger partial charge in [-0.2, -0.15) is 0 Å². The zero-order chi connectivity index (χ0) is 12.3. The van der Waals surface area contributed by atoms with E-state index in [2.05, 4.69) is 0 Å². The number of benzene rings is 1. The molecule has 1 aliphatic heterocycles. The van der Waals surface area contributed by atoms with Gasteiger partial charge in [-0.25, -0.2) is 9.19 Å². The molecular formula is C11H16ClN2O2P. The van der Waals surface area contributed by atoms with Gasteiger partial charge < -0.3 is 4.89 Å². The Hall–Kier alpha value is -0.380. The van der Waals surface area contributed by atoms with Gasteiger partial charge in [-0.15, -0.1) is 16.3 Å². The lowest BCUT2D eigenvalue weighted by atomic mass is 10.3. The second kappa shape index (κ2) is 5.51. The van der Waals surface area contributed by atoms with Crippen LogP contribution in [-0.4, -0.2) is 37.3 Å². The minimum atomic E-state index is -2.93. The summed E-state index contributed by atoms with van der Waals surface area (Å²) >= 11 is 5.72. The first kappa shape index (κ1) is 13.1. The third-order valence-corrected chi connectivity index (χ3v) is 5.67. The highest BCUT2D eigenvalue weighted by Crippen LogP contribution is 2.62. The summed E-state index contributed by atoms with van der Waals surface area (Å²) < 4.78 is 8.94. The monoisotopic (exact) mass is 274 g/mol. The molecule has 1 unspecified atom stereocenters. The van der Waals surface area contributed by atoms with Crippen LogP contribution in [0.25, 0.3) is 0 Å². The molecule has 0 radical (unpaired) electrons. The number of rotatable bonds is 4. The van der Waals surface area contributed by atoms with Crippen molar-refractivity contribution >= 4 is 25.3 Å². The van der Waals surface area contributed by atoms with Crippen molar-refractivity contribution in [3.05, 3.63) is 30.3 Å².